The van der Waals surface area contributed by atoms with Crippen LogP contribution in [0, 0.1) is 0 Å². The van der Waals surface area contributed by atoms with Crippen LogP contribution >= 0.6 is 0 Å². The van der Waals surface area contributed by atoms with Gasteiger partial charge in [-0.3, -0.25) is 9.10 Å². The summed E-state index contributed by atoms with van der Waals surface area (Å²) in [5.74, 6) is 1.00. The normalized spacial score (nSPS) is 18.7. The molecule has 1 amide bonds. The molecule has 31 heavy (non-hydrogen) atoms. The Morgan fingerprint density at radius 1 is 1.10 bits per heavy atom. The van der Waals surface area contributed by atoms with Crippen molar-refractivity contribution >= 4 is 27.3 Å². The molecule has 0 spiro atoms. The van der Waals surface area contributed by atoms with Gasteiger partial charge in [0.2, 0.25) is 10.0 Å². The van der Waals surface area contributed by atoms with Crippen LogP contribution in [-0.4, -0.2) is 39.8 Å². The molecule has 1 atom stereocenters. The highest BCUT2D eigenvalue weighted by molar-refractivity contribution is 7.92. The van der Waals surface area contributed by atoms with Gasteiger partial charge in [0.05, 0.1) is 25.2 Å². The van der Waals surface area contributed by atoms with Gasteiger partial charge < -0.3 is 14.8 Å². The van der Waals surface area contributed by atoms with E-state index in [9.17, 15) is 13.2 Å². The molecule has 8 heteroatoms. The van der Waals surface area contributed by atoms with Gasteiger partial charge in [0.1, 0.15) is 0 Å². The van der Waals surface area contributed by atoms with E-state index in [4.69, 9.17) is 9.47 Å². The number of anilines is 2. The summed E-state index contributed by atoms with van der Waals surface area (Å²) in [6.07, 6.45) is 6.33. The molecule has 1 aliphatic carbocycles. The quantitative estimate of drug-likeness (QED) is 0.729. The van der Waals surface area contributed by atoms with E-state index in [1.165, 1.54) is 10.6 Å². The fourth-order valence-electron chi connectivity index (χ4n) is 4.48. The molecule has 0 radical (unpaired) electrons. The smallest absolute Gasteiger partial charge is 0.255 e. The number of sulfonamides is 1. The molecule has 1 unspecified atom stereocenters. The summed E-state index contributed by atoms with van der Waals surface area (Å²) in [7, 11) is -1.76. The van der Waals surface area contributed by atoms with Gasteiger partial charge in [-0.05, 0) is 74.9 Å². The second kappa shape index (κ2) is 8.42. The van der Waals surface area contributed by atoms with E-state index in [0.717, 1.165) is 31.2 Å². The lowest BCUT2D eigenvalue weighted by Gasteiger charge is -2.22. The molecule has 4 rings (SSSR count). The minimum Gasteiger partial charge on any atom is -0.493 e. The second-order valence-corrected chi connectivity index (χ2v) is 10.2. The molecule has 0 aromatic heterocycles. The SMILES string of the molecule is COc1ccc(NC(=O)c2ccc3c(c2)CC(C)N3S(C)(=O)=O)cc1OC1CCCC1. The van der Waals surface area contributed by atoms with Crippen LogP contribution in [0.4, 0.5) is 11.4 Å². The highest BCUT2D eigenvalue weighted by Gasteiger charge is 2.32. The Bertz CT molecular complexity index is 1090. The highest BCUT2D eigenvalue weighted by Crippen LogP contribution is 2.36. The fraction of sp³-hybridized carbons (Fsp3) is 0.435. The van der Waals surface area contributed by atoms with Crippen LogP contribution in [-0.2, 0) is 16.4 Å². The van der Waals surface area contributed by atoms with Gasteiger partial charge in [-0.1, -0.05) is 0 Å². The summed E-state index contributed by atoms with van der Waals surface area (Å²) in [4.78, 5) is 12.9. The van der Waals surface area contributed by atoms with Gasteiger partial charge in [0.15, 0.2) is 11.5 Å². The lowest BCUT2D eigenvalue weighted by Crippen LogP contribution is -2.34. The number of methoxy groups -OCH3 is 1. The minimum atomic E-state index is -3.36. The molecule has 166 valence electrons. The average molecular weight is 445 g/mol. The van der Waals surface area contributed by atoms with Gasteiger partial charge in [-0.25, -0.2) is 8.42 Å². The summed E-state index contributed by atoms with van der Waals surface area (Å²) in [6, 6.07) is 10.3. The van der Waals surface area contributed by atoms with E-state index >= 15 is 0 Å². The van der Waals surface area contributed by atoms with Gasteiger partial charge in [0.25, 0.3) is 5.91 Å². The third-order valence-corrected chi connectivity index (χ3v) is 7.14. The third-order valence-electron chi connectivity index (χ3n) is 5.87. The molecule has 1 aliphatic heterocycles. The van der Waals surface area contributed by atoms with Crippen molar-refractivity contribution in [1.29, 1.82) is 0 Å². The van der Waals surface area contributed by atoms with E-state index in [1.54, 1.807) is 43.5 Å². The largest absolute Gasteiger partial charge is 0.493 e. The molecule has 0 saturated heterocycles. The number of ether oxygens (including phenoxy) is 2. The van der Waals surface area contributed by atoms with Crippen molar-refractivity contribution < 1.29 is 22.7 Å². The van der Waals surface area contributed by atoms with Gasteiger partial charge in [-0.2, -0.15) is 0 Å². The number of rotatable bonds is 6. The molecule has 2 aromatic rings. The number of benzene rings is 2. The molecule has 1 fully saturated rings. The van der Waals surface area contributed by atoms with Gasteiger partial charge in [0, 0.05) is 23.4 Å². The topological polar surface area (TPSA) is 84.9 Å². The first-order valence-electron chi connectivity index (χ1n) is 10.5. The predicted molar refractivity (Wildman–Crippen MR) is 121 cm³/mol. The standard InChI is InChI=1S/C23H28N2O5S/c1-15-12-17-13-16(8-10-20(17)25(15)31(3,27)28)23(26)24-18-9-11-21(29-2)22(14-18)30-19-6-4-5-7-19/h8-11,13-15,19H,4-7,12H2,1-3H3,(H,24,26). The molecule has 0 bridgehead atoms. The van der Waals surface area contributed by atoms with E-state index in [-0.39, 0.29) is 18.1 Å². The molecule has 2 aromatic carbocycles. The highest BCUT2D eigenvalue weighted by atomic mass is 32.2. The Balaban J connectivity index is 1.53. The van der Waals surface area contributed by atoms with Crippen molar-refractivity contribution in [2.45, 2.75) is 51.2 Å². The van der Waals surface area contributed by atoms with Crippen molar-refractivity contribution in [2.24, 2.45) is 0 Å². The van der Waals surface area contributed by atoms with Crippen LogP contribution in [0.1, 0.15) is 48.5 Å². The second-order valence-electron chi connectivity index (χ2n) is 8.30. The summed E-state index contributed by atoms with van der Waals surface area (Å²) in [5, 5.41) is 2.91. The monoisotopic (exact) mass is 444 g/mol. The lowest BCUT2D eigenvalue weighted by molar-refractivity contribution is 0.102. The molecule has 1 saturated carbocycles. The fourth-order valence-corrected chi connectivity index (χ4v) is 5.75. The number of fused-ring (bicyclic) bond motifs is 1. The summed E-state index contributed by atoms with van der Waals surface area (Å²) >= 11 is 0. The Morgan fingerprint density at radius 2 is 1.84 bits per heavy atom. The van der Waals surface area contributed by atoms with Crippen LogP contribution in [0.25, 0.3) is 0 Å². The molecule has 1 N–H and O–H groups in total. The number of carbonyl (C=O) groups excluding carboxylic acids is 1. The average Bonchev–Trinajstić information content (AvgIpc) is 3.33. The number of nitrogens with zero attached hydrogens (tertiary/aromatic N) is 1. The van der Waals surface area contributed by atoms with Crippen molar-refractivity contribution in [3.63, 3.8) is 0 Å². The Kier molecular flexibility index (Phi) is 5.83. The van der Waals surface area contributed by atoms with Crippen LogP contribution in [0.5, 0.6) is 11.5 Å². The maximum absolute atomic E-state index is 12.9. The van der Waals surface area contributed by atoms with E-state index in [2.05, 4.69) is 5.32 Å². The van der Waals surface area contributed by atoms with Crippen molar-refractivity contribution in [3.8, 4) is 11.5 Å². The van der Waals surface area contributed by atoms with Crippen molar-refractivity contribution in [3.05, 3.63) is 47.5 Å². The zero-order chi connectivity index (χ0) is 22.2. The molecule has 2 aliphatic rings. The first-order chi connectivity index (χ1) is 14.8. The third kappa shape index (κ3) is 4.49. The summed E-state index contributed by atoms with van der Waals surface area (Å²) in [5.41, 5.74) is 2.59. The van der Waals surface area contributed by atoms with Gasteiger partial charge in [-0.15, -0.1) is 0 Å². The van der Waals surface area contributed by atoms with E-state index in [0.29, 0.717) is 34.9 Å². The number of hydrogen-bond donors (Lipinski definition) is 1. The molecule has 7 nitrogen and oxygen atoms in total. The summed E-state index contributed by atoms with van der Waals surface area (Å²) in [6.45, 7) is 1.87. The number of hydrogen-bond acceptors (Lipinski definition) is 5. The van der Waals surface area contributed by atoms with Crippen molar-refractivity contribution in [1.82, 2.24) is 0 Å². The number of amides is 1. The van der Waals surface area contributed by atoms with Gasteiger partial charge >= 0.3 is 0 Å². The van der Waals surface area contributed by atoms with Crippen LogP contribution < -0.4 is 19.1 Å². The first-order valence-corrected chi connectivity index (χ1v) is 12.4. The zero-order valence-corrected chi connectivity index (χ0v) is 18.9. The number of carbonyl (C=O) groups is 1. The van der Waals surface area contributed by atoms with E-state index < -0.39 is 10.0 Å². The predicted octanol–water partition coefficient (Wildman–Crippen LogP) is 3.98. The maximum Gasteiger partial charge on any atom is 0.255 e. The Hall–Kier alpha value is -2.74. The van der Waals surface area contributed by atoms with E-state index in [1.807, 2.05) is 6.92 Å². The molecular formula is C23H28N2O5S. The lowest BCUT2D eigenvalue weighted by atomic mass is 10.1. The minimum absolute atomic E-state index is 0.166. The van der Waals surface area contributed by atoms with Crippen LogP contribution in [0.2, 0.25) is 0 Å². The molecular weight excluding hydrogens is 416 g/mol. The van der Waals surface area contributed by atoms with Crippen LogP contribution in [0.15, 0.2) is 36.4 Å². The zero-order valence-electron chi connectivity index (χ0n) is 18.1. The van der Waals surface area contributed by atoms with Crippen LogP contribution in [0.3, 0.4) is 0 Å². The Morgan fingerprint density at radius 3 is 2.52 bits per heavy atom. The molecule has 1 heterocycles. The number of nitrogens with one attached hydrogen (secondary N) is 1. The Labute approximate surface area is 183 Å². The summed E-state index contributed by atoms with van der Waals surface area (Å²) < 4.78 is 37.1. The first kappa shape index (κ1) is 21.5. The maximum atomic E-state index is 12.9. The van der Waals surface area contributed by atoms with Crippen molar-refractivity contribution in [2.75, 3.05) is 23.0 Å².